The van der Waals surface area contributed by atoms with E-state index in [0.717, 1.165) is 38.5 Å². The van der Waals surface area contributed by atoms with Gasteiger partial charge in [-0.05, 0) is 51.4 Å². The Balaban J connectivity index is 3.43. The van der Waals surface area contributed by atoms with Crippen LogP contribution in [0.1, 0.15) is 213 Å². The Kier molecular flexibility index (Phi) is 37.9. The van der Waals surface area contributed by atoms with Crippen LogP contribution in [0.4, 0.5) is 0 Å². The fraction of sp³-hybridized carbons (Fsp3) is 0.837. The molecule has 0 aliphatic carbocycles. The van der Waals surface area contributed by atoms with Gasteiger partial charge in [-0.25, -0.2) is 0 Å². The lowest BCUT2D eigenvalue weighted by Gasteiger charge is -2.22. The van der Waals surface area contributed by atoms with Crippen molar-refractivity contribution in [2.24, 2.45) is 0 Å². The molecule has 4 nitrogen and oxygen atoms in total. The molecule has 0 aromatic rings. The number of carbonyl (C=O) groups is 1. The highest BCUT2D eigenvalue weighted by atomic mass is 16.3. The number of hydrogen-bond acceptors (Lipinski definition) is 3. The second-order valence-corrected chi connectivity index (χ2v) is 14.1. The van der Waals surface area contributed by atoms with Crippen LogP contribution in [-0.4, -0.2) is 34.9 Å². The van der Waals surface area contributed by atoms with E-state index in [9.17, 15) is 15.0 Å². The average molecular weight is 660 g/mol. The van der Waals surface area contributed by atoms with Crippen LogP contribution in [-0.2, 0) is 4.79 Å². The van der Waals surface area contributed by atoms with Crippen molar-refractivity contribution < 1.29 is 15.0 Å². The molecule has 4 heteroatoms. The molecule has 0 radical (unpaired) electrons. The molecule has 0 aromatic heterocycles. The summed E-state index contributed by atoms with van der Waals surface area (Å²) in [4.78, 5) is 12.3. The smallest absolute Gasteiger partial charge is 0.220 e. The highest BCUT2D eigenvalue weighted by Gasteiger charge is 2.19. The van der Waals surface area contributed by atoms with Gasteiger partial charge in [0, 0.05) is 6.42 Å². The summed E-state index contributed by atoms with van der Waals surface area (Å²) in [5.74, 6) is -0.0382. The number of carbonyl (C=O) groups excluding carboxylic acids is 1. The van der Waals surface area contributed by atoms with Crippen molar-refractivity contribution in [3.8, 4) is 0 Å². The van der Waals surface area contributed by atoms with Crippen LogP contribution < -0.4 is 5.32 Å². The Bertz CT molecular complexity index is 716. The molecule has 0 aliphatic rings. The second-order valence-electron chi connectivity index (χ2n) is 14.1. The summed E-state index contributed by atoms with van der Waals surface area (Å²) in [6.07, 6.45) is 51.0. The van der Waals surface area contributed by atoms with Crippen LogP contribution in [0.3, 0.4) is 0 Å². The topological polar surface area (TPSA) is 69.6 Å². The number of aliphatic hydroxyl groups is 2. The quantitative estimate of drug-likeness (QED) is 0.0459. The van der Waals surface area contributed by atoms with E-state index in [1.165, 1.54) is 148 Å². The Hall–Kier alpha value is -1.39. The molecule has 0 fully saturated rings. The summed E-state index contributed by atoms with van der Waals surface area (Å²) in [6.45, 7) is 4.28. The number of allylic oxidation sites excluding steroid dienone is 6. The number of amides is 1. The highest BCUT2D eigenvalue weighted by molar-refractivity contribution is 5.76. The van der Waals surface area contributed by atoms with Crippen molar-refractivity contribution in [2.75, 3.05) is 6.61 Å². The summed E-state index contributed by atoms with van der Waals surface area (Å²) in [5, 5.41) is 22.8. The third kappa shape index (κ3) is 35.7. The summed E-state index contributed by atoms with van der Waals surface area (Å²) in [5.41, 5.74) is 0. The molecular weight excluding hydrogens is 578 g/mol. The predicted molar refractivity (Wildman–Crippen MR) is 207 cm³/mol. The van der Waals surface area contributed by atoms with Gasteiger partial charge in [-0.1, -0.05) is 192 Å². The molecule has 0 bridgehead atoms. The summed E-state index contributed by atoms with van der Waals surface area (Å²) < 4.78 is 0. The molecule has 1 amide bonds. The maximum absolute atomic E-state index is 12.3. The molecule has 276 valence electrons. The molecule has 0 spiro atoms. The van der Waals surface area contributed by atoms with E-state index in [1.54, 1.807) is 0 Å². The first kappa shape index (κ1) is 45.6. The standard InChI is InChI=1S/C43H81NO3/c1-3-5-7-9-11-12-13-14-15-16-17-18-19-20-21-22-23-24-25-26-27-28-29-30-31-32-33-35-37-39-43(47)44-41(40-45)42(46)38-36-34-10-8-6-4-2/h13-14,16-17,19-20,41-42,45-46H,3-12,15,18,21-40H2,1-2H3,(H,44,47)/b14-13-,17-16-,20-19-. The minimum absolute atomic E-state index is 0.0382. The summed E-state index contributed by atoms with van der Waals surface area (Å²) in [6, 6.07) is -0.532. The summed E-state index contributed by atoms with van der Waals surface area (Å²) >= 11 is 0. The monoisotopic (exact) mass is 660 g/mol. The maximum atomic E-state index is 12.3. The molecule has 0 aromatic carbocycles. The zero-order chi connectivity index (χ0) is 34.3. The predicted octanol–water partition coefficient (Wildman–Crippen LogP) is 12.6. The van der Waals surface area contributed by atoms with Crippen LogP contribution in [0.5, 0.6) is 0 Å². The molecule has 0 saturated carbocycles. The fourth-order valence-electron chi connectivity index (χ4n) is 6.19. The first-order valence-electron chi connectivity index (χ1n) is 20.7. The first-order chi connectivity index (χ1) is 23.2. The first-order valence-corrected chi connectivity index (χ1v) is 20.7. The Morgan fingerprint density at radius 1 is 0.511 bits per heavy atom. The van der Waals surface area contributed by atoms with E-state index in [1.807, 2.05) is 0 Å². The molecule has 3 N–H and O–H groups in total. The van der Waals surface area contributed by atoms with E-state index in [2.05, 4.69) is 55.6 Å². The molecule has 2 unspecified atom stereocenters. The number of aliphatic hydroxyl groups excluding tert-OH is 2. The molecule has 0 heterocycles. The molecule has 0 rings (SSSR count). The van der Waals surface area contributed by atoms with Gasteiger partial charge >= 0.3 is 0 Å². The van der Waals surface area contributed by atoms with Gasteiger partial charge in [-0.2, -0.15) is 0 Å². The molecule has 0 saturated heterocycles. The van der Waals surface area contributed by atoms with Crippen LogP contribution in [0.25, 0.3) is 0 Å². The normalized spacial score (nSPS) is 13.4. The van der Waals surface area contributed by atoms with Crippen molar-refractivity contribution in [2.45, 2.75) is 225 Å². The van der Waals surface area contributed by atoms with Crippen LogP contribution in [0.15, 0.2) is 36.5 Å². The lowest BCUT2D eigenvalue weighted by Crippen LogP contribution is -2.45. The Morgan fingerprint density at radius 3 is 1.30 bits per heavy atom. The van der Waals surface area contributed by atoms with Gasteiger partial charge in [0.05, 0.1) is 18.8 Å². The Morgan fingerprint density at radius 2 is 0.872 bits per heavy atom. The second kappa shape index (κ2) is 39.1. The fourth-order valence-corrected chi connectivity index (χ4v) is 6.19. The lowest BCUT2D eigenvalue weighted by molar-refractivity contribution is -0.123. The minimum atomic E-state index is -0.655. The van der Waals surface area contributed by atoms with E-state index in [0.29, 0.717) is 12.8 Å². The zero-order valence-corrected chi connectivity index (χ0v) is 31.5. The SMILES string of the molecule is CCCCCCC/C=C\C/C=C\C/C=C\CCCCCCCCCCCCCCCCC(=O)NC(CO)C(O)CCCCCCCC. The van der Waals surface area contributed by atoms with Crippen molar-refractivity contribution in [1.29, 1.82) is 0 Å². The van der Waals surface area contributed by atoms with E-state index >= 15 is 0 Å². The Labute approximate surface area is 293 Å². The van der Waals surface area contributed by atoms with Gasteiger partial charge in [0.1, 0.15) is 0 Å². The number of nitrogens with one attached hydrogen (secondary N) is 1. The minimum Gasteiger partial charge on any atom is -0.394 e. The maximum Gasteiger partial charge on any atom is 0.220 e. The molecule has 2 atom stereocenters. The van der Waals surface area contributed by atoms with Gasteiger partial charge in [0.15, 0.2) is 0 Å². The van der Waals surface area contributed by atoms with E-state index in [-0.39, 0.29) is 12.5 Å². The van der Waals surface area contributed by atoms with Gasteiger partial charge < -0.3 is 15.5 Å². The van der Waals surface area contributed by atoms with E-state index in [4.69, 9.17) is 0 Å². The van der Waals surface area contributed by atoms with Crippen LogP contribution in [0.2, 0.25) is 0 Å². The van der Waals surface area contributed by atoms with Crippen molar-refractivity contribution in [1.82, 2.24) is 5.32 Å². The van der Waals surface area contributed by atoms with Crippen molar-refractivity contribution in [3.63, 3.8) is 0 Å². The summed E-state index contributed by atoms with van der Waals surface area (Å²) in [7, 11) is 0. The van der Waals surface area contributed by atoms with Gasteiger partial charge in [0.2, 0.25) is 5.91 Å². The van der Waals surface area contributed by atoms with Crippen molar-refractivity contribution >= 4 is 5.91 Å². The number of rotatable bonds is 37. The van der Waals surface area contributed by atoms with Crippen LogP contribution >= 0.6 is 0 Å². The number of unbranched alkanes of at least 4 members (excludes halogenated alkanes) is 24. The average Bonchev–Trinajstić information content (AvgIpc) is 3.07. The largest absolute Gasteiger partial charge is 0.394 e. The highest BCUT2D eigenvalue weighted by Crippen LogP contribution is 2.15. The van der Waals surface area contributed by atoms with Gasteiger partial charge in [-0.3, -0.25) is 4.79 Å². The van der Waals surface area contributed by atoms with Gasteiger partial charge in [-0.15, -0.1) is 0 Å². The molecular formula is C43H81NO3. The molecule has 0 aliphatic heterocycles. The third-order valence-electron chi connectivity index (χ3n) is 9.40. The third-order valence-corrected chi connectivity index (χ3v) is 9.40. The van der Waals surface area contributed by atoms with E-state index < -0.39 is 12.1 Å². The van der Waals surface area contributed by atoms with Gasteiger partial charge in [0.25, 0.3) is 0 Å². The number of hydrogen-bond donors (Lipinski definition) is 3. The lowest BCUT2D eigenvalue weighted by atomic mass is 10.0. The van der Waals surface area contributed by atoms with Crippen LogP contribution in [0, 0.1) is 0 Å². The molecule has 47 heavy (non-hydrogen) atoms. The van der Waals surface area contributed by atoms with Crippen molar-refractivity contribution in [3.05, 3.63) is 36.5 Å². The zero-order valence-electron chi connectivity index (χ0n) is 31.5.